The second-order valence-corrected chi connectivity index (χ2v) is 10.9. The van der Waals surface area contributed by atoms with E-state index in [1.54, 1.807) is 0 Å². The number of carbonyl (C=O) groups excluding carboxylic acids is 1. The zero-order valence-corrected chi connectivity index (χ0v) is 17.9. The molecule has 3 aliphatic carbocycles. The van der Waals surface area contributed by atoms with Gasteiger partial charge in [-0.1, -0.05) is 39.0 Å². The Morgan fingerprint density at radius 1 is 0.815 bits per heavy atom. The number of ketones is 1. The Bertz CT molecular complexity index is 487. The Morgan fingerprint density at radius 2 is 1.56 bits per heavy atom. The lowest BCUT2D eigenvalue weighted by molar-refractivity contribution is -0.123. The Labute approximate surface area is 167 Å². The number of hydrogen-bond donors (Lipinski definition) is 1. The standard InChI is InChI=1S/C25H43NO/c1-17-14-18(2)26-22(15-17)12-13-25(27)21-11-10-20(16-21)24-9-5-8-23(24)19-6-3-4-7-19/h17-24,26H,3-16H2,1-2H3. The molecule has 0 aromatic carbocycles. The molecule has 27 heavy (non-hydrogen) atoms. The second kappa shape index (κ2) is 8.97. The summed E-state index contributed by atoms with van der Waals surface area (Å²) in [5.74, 6) is 5.70. The van der Waals surface area contributed by atoms with Crippen molar-refractivity contribution in [1.82, 2.24) is 5.32 Å². The number of piperidine rings is 1. The first-order valence-corrected chi connectivity index (χ1v) is 12.4. The molecule has 4 fully saturated rings. The number of nitrogens with one attached hydrogen (secondary N) is 1. The third-order valence-corrected chi connectivity index (χ3v) is 8.87. The minimum Gasteiger partial charge on any atom is -0.311 e. The quantitative estimate of drug-likeness (QED) is 0.606. The van der Waals surface area contributed by atoms with Gasteiger partial charge in [-0.3, -0.25) is 4.79 Å². The molecule has 3 saturated carbocycles. The van der Waals surface area contributed by atoms with E-state index in [1.807, 2.05) is 0 Å². The van der Waals surface area contributed by atoms with Crippen molar-refractivity contribution < 1.29 is 4.79 Å². The van der Waals surface area contributed by atoms with E-state index in [2.05, 4.69) is 19.2 Å². The van der Waals surface area contributed by atoms with Crippen molar-refractivity contribution >= 4 is 5.78 Å². The third kappa shape index (κ3) is 4.80. The summed E-state index contributed by atoms with van der Waals surface area (Å²) in [4.78, 5) is 12.9. The number of Topliss-reactive ketones (excluding diaryl/α,β-unsaturated/α-hetero) is 1. The maximum absolute atomic E-state index is 12.9. The van der Waals surface area contributed by atoms with Gasteiger partial charge in [-0.05, 0) is 87.9 Å². The van der Waals surface area contributed by atoms with Crippen LogP contribution < -0.4 is 5.32 Å². The molecule has 0 aromatic heterocycles. The van der Waals surface area contributed by atoms with Crippen LogP contribution in [0.15, 0.2) is 0 Å². The molecule has 1 aliphatic heterocycles. The van der Waals surface area contributed by atoms with E-state index in [-0.39, 0.29) is 0 Å². The van der Waals surface area contributed by atoms with Crippen molar-refractivity contribution in [3.8, 4) is 0 Å². The summed E-state index contributed by atoms with van der Waals surface area (Å²) in [5, 5.41) is 3.73. The third-order valence-electron chi connectivity index (χ3n) is 8.87. The lowest BCUT2D eigenvalue weighted by Crippen LogP contribution is -2.43. The fourth-order valence-corrected chi connectivity index (χ4v) is 7.72. The Kier molecular flexibility index (Phi) is 6.62. The molecule has 1 saturated heterocycles. The number of hydrogen-bond acceptors (Lipinski definition) is 2. The molecule has 0 aromatic rings. The van der Waals surface area contributed by atoms with Gasteiger partial charge in [0.1, 0.15) is 5.78 Å². The molecule has 0 amide bonds. The highest BCUT2D eigenvalue weighted by Crippen LogP contribution is 2.51. The molecule has 4 rings (SSSR count). The van der Waals surface area contributed by atoms with Crippen molar-refractivity contribution in [3.05, 3.63) is 0 Å². The molecule has 0 bridgehead atoms. The topological polar surface area (TPSA) is 29.1 Å². The summed E-state index contributed by atoms with van der Waals surface area (Å²) in [6, 6.07) is 1.20. The van der Waals surface area contributed by atoms with E-state index in [0.717, 1.165) is 42.4 Å². The van der Waals surface area contributed by atoms with Crippen LogP contribution in [-0.4, -0.2) is 17.9 Å². The van der Waals surface area contributed by atoms with Crippen LogP contribution in [0.3, 0.4) is 0 Å². The van der Waals surface area contributed by atoms with Crippen LogP contribution in [0.1, 0.15) is 104 Å². The molecule has 154 valence electrons. The van der Waals surface area contributed by atoms with Gasteiger partial charge in [0, 0.05) is 24.4 Å². The van der Waals surface area contributed by atoms with Crippen LogP contribution in [-0.2, 0) is 4.79 Å². The molecule has 2 nitrogen and oxygen atoms in total. The van der Waals surface area contributed by atoms with Gasteiger partial charge >= 0.3 is 0 Å². The molecule has 7 unspecified atom stereocenters. The van der Waals surface area contributed by atoms with Gasteiger partial charge in [0.05, 0.1) is 0 Å². The van der Waals surface area contributed by atoms with E-state index < -0.39 is 0 Å². The minimum absolute atomic E-state index is 0.401. The van der Waals surface area contributed by atoms with E-state index in [0.29, 0.717) is 23.8 Å². The summed E-state index contributed by atoms with van der Waals surface area (Å²) in [6.07, 6.45) is 18.6. The zero-order valence-electron chi connectivity index (χ0n) is 17.9. The van der Waals surface area contributed by atoms with Gasteiger partial charge in [-0.15, -0.1) is 0 Å². The average molecular weight is 374 g/mol. The highest BCUT2D eigenvalue weighted by molar-refractivity contribution is 5.81. The van der Waals surface area contributed by atoms with Crippen LogP contribution in [0.4, 0.5) is 0 Å². The molecule has 2 heteroatoms. The second-order valence-electron chi connectivity index (χ2n) is 10.9. The van der Waals surface area contributed by atoms with E-state index in [9.17, 15) is 4.79 Å². The smallest absolute Gasteiger partial charge is 0.136 e. The molecule has 7 atom stereocenters. The maximum atomic E-state index is 12.9. The van der Waals surface area contributed by atoms with Gasteiger partial charge < -0.3 is 5.32 Å². The average Bonchev–Trinajstić information content (AvgIpc) is 3.38. The van der Waals surface area contributed by atoms with Crippen molar-refractivity contribution in [3.63, 3.8) is 0 Å². The van der Waals surface area contributed by atoms with Crippen LogP contribution in [0.2, 0.25) is 0 Å². The largest absolute Gasteiger partial charge is 0.311 e. The molecule has 0 spiro atoms. The van der Waals surface area contributed by atoms with E-state index in [1.165, 1.54) is 77.0 Å². The number of carbonyl (C=O) groups is 1. The minimum atomic E-state index is 0.401. The Morgan fingerprint density at radius 3 is 2.30 bits per heavy atom. The van der Waals surface area contributed by atoms with Crippen molar-refractivity contribution in [2.75, 3.05) is 0 Å². The van der Waals surface area contributed by atoms with Gasteiger partial charge in [-0.2, -0.15) is 0 Å². The first-order chi connectivity index (χ1) is 13.1. The molecule has 0 radical (unpaired) electrons. The zero-order chi connectivity index (χ0) is 18.8. The van der Waals surface area contributed by atoms with Crippen LogP contribution in [0, 0.1) is 35.5 Å². The summed E-state index contributed by atoms with van der Waals surface area (Å²) >= 11 is 0. The predicted molar refractivity (Wildman–Crippen MR) is 113 cm³/mol. The lowest BCUT2D eigenvalue weighted by Gasteiger charge is -2.33. The number of rotatable bonds is 6. The first-order valence-electron chi connectivity index (χ1n) is 12.4. The summed E-state index contributed by atoms with van der Waals surface area (Å²) in [6.45, 7) is 4.67. The fraction of sp³-hybridized carbons (Fsp3) is 0.960. The highest BCUT2D eigenvalue weighted by atomic mass is 16.1. The Hall–Kier alpha value is -0.370. The summed E-state index contributed by atoms with van der Waals surface area (Å²) < 4.78 is 0. The van der Waals surface area contributed by atoms with Crippen molar-refractivity contribution in [1.29, 1.82) is 0 Å². The lowest BCUT2D eigenvalue weighted by atomic mass is 9.75. The molecule has 1 N–H and O–H groups in total. The summed E-state index contributed by atoms with van der Waals surface area (Å²) in [5.41, 5.74) is 0. The van der Waals surface area contributed by atoms with E-state index in [4.69, 9.17) is 0 Å². The monoisotopic (exact) mass is 373 g/mol. The van der Waals surface area contributed by atoms with E-state index >= 15 is 0 Å². The van der Waals surface area contributed by atoms with Gasteiger partial charge in [-0.25, -0.2) is 0 Å². The normalized spacial score (nSPS) is 43.4. The summed E-state index contributed by atoms with van der Waals surface area (Å²) in [7, 11) is 0. The Balaban J connectivity index is 1.24. The van der Waals surface area contributed by atoms with Gasteiger partial charge in [0.15, 0.2) is 0 Å². The SMILES string of the molecule is CC1CC(C)NC(CCC(=O)C2CCC(C3CCCC3C3CCCC3)C2)C1. The predicted octanol–water partition coefficient (Wildman–Crippen LogP) is 6.14. The van der Waals surface area contributed by atoms with Crippen LogP contribution in [0.5, 0.6) is 0 Å². The van der Waals surface area contributed by atoms with Crippen molar-refractivity contribution in [2.24, 2.45) is 35.5 Å². The first kappa shape index (κ1) is 19.9. The van der Waals surface area contributed by atoms with Gasteiger partial charge in [0.25, 0.3) is 0 Å². The fourth-order valence-electron chi connectivity index (χ4n) is 7.72. The molecular weight excluding hydrogens is 330 g/mol. The highest BCUT2D eigenvalue weighted by Gasteiger charge is 2.42. The molecular formula is C25H43NO. The van der Waals surface area contributed by atoms with Crippen LogP contribution in [0.25, 0.3) is 0 Å². The van der Waals surface area contributed by atoms with Gasteiger partial charge in [0.2, 0.25) is 0 Å². The van der Waals surface area contributed by atoms with Crippen LogP contribution >= 0.6 is 0 Å². The molecule has 1 heterocycles. The maximum Gasteiger partial charge on any atom is 0.136 e. The van der Waals surface area contributed by atoms with Crippen molar-refractivity contribution in [2.45, 2.75) is 116 Å². The molecule has 4 aliphatic rings.